The Morgan fingerprint density at radius 3 is 2.93 bits per heavy atom. The molecular weight excluding hydrogens is 208 g/mol. The van der Waals surface area contributed by atoms with Gasteiger partial charge in [0.2, 0.25) is 5.91 Å². The maximum absolute atomic E-state index is 11.4. The second-order valence-corrected chi connectivity index (χ2v) is 4.37. The van der Waals surface area contributed by atoms with Crippen molar-refractivity contribution in [2.45, 2.75) is 26.3 Å². The Labute approximate surface area is 96.8 Å². The van der Waals surface area contributed by atoms with Gasteiger partial charge >= 0.3 is 0 Å². The fraction of sp³-hybridized carbons (Fsp3) is 0.727. The average molecular weight is 228 g/mol. The Morgan fingerprint density at radius 2 is 2.33 bits per heavy atom. The second kappa shape index (κ2) is 9.88. The van der Waals surface area contributed by atoms with Crippen LogP contribution in [-0.4, -0.2) is 36.5 Å². The second-order valence-electron chi connectivity index (χ2n) is 3.27. The quantitative estimate of drug-likeness (QED) is 0.478. The number of terminal acetylenes is 1. The zero-order chi connectivity index (χ0) is 11.5. The van der Waals surface area contributed by atoms with Crippen LogP contribution in [0.2, 0.25) is 0 Å². The van der Waals surface area contributed by atoms with Crippen molar-refractivity contribution in [3.63, 3.8) is 0 Å². The summed E-state index contributed by atoms with van der Waals surface area (Å²) in [5.41, 5.74) is 0. The van der Waals surface area contributed by atoms with E-state index >= 15 is 0 Å². The van der Waals surface area contributed by atoms with Gasteiger partial charge in [-0.1, -0.05) is 12.8 Å². The summed E-state index contributed by atoms with van der Waals surface area (Å²) in [4.78, 5) is 11.4. The minimum atomic E-state index is 0.102. The van der Waals surface area contributed by atoms with E-state index in [1.165, 1.54) is 0 Å². The molecule has 0 aliphatic rings. The molecule has 15 heavy (non-hydrogen) atoms. The van der Waals surface area contributed by atoms with Crippen LogP contribution in [0.3, 0.4) is 0 Å². The molecule has 0 aromatic rings. The first-order chi connectivity index (χ1) is 7.20. The molecule has 0 heterocycles. The Kier molecular flexibility index (Phi) is 9.44. The van der Waals surface area contributed by atoms with Crippen molar-refractivity contribution >= 4 is 17.7 Å². The van der Waals surface area contributed by atoms with E-state index in [-0.39, 0.29) is 11.9 Å². The first kappa shape index (κ1) is 14.3. The van der Waals surface area contributed by atoms with Crippen molar-refractivity contribution in [1.82, 2.24) is 10.6 Å². The van der Waals surface area contributed by atoms with Crippen LogP contribution in [0.4, 0.5) is 0 Å². The molecular formula is C11H20N2OS. The number of carbonyl (C=O) groups is 1. The van der Waals surface area contributed by atoms with Crippen LogP contribution in [-0.2, 0) is 4.79 Å². The van der Waals surface area contributed by atoms with Gasteiger partial charge in [0.25, 0.3) is 0 Å². The largest absolute Gasteiger partial charge is 0.355 e. The number of hydrogen-bond donors (Lipinski definition) is 2. The molecule has 0 saturated heterocycles. The lowest BCUT2D eigenvalue weighted by molar-refractivity contribution is -0.121. The lowest BCUT2D eigenvalue weighted by atomic mass is 10.2. The van der Waals surface area contributed by atoms with Crippen LogP contribution in [0.5, 0.6) is 0 Å². The lowest BCUT2D eigenvalue weighted by Crippen LogP contribution is -2.34. The van der Waals surface area contributed by atoms with E-state index < -0.39 is 0 Å². The normalized spacial score (nSPS) is 11.8. The SMILES string of the molecule is C#CCSCCNC(=O)CC(C)NCC. The monoisotopic (exact) mass is 228 g/mol. The van der Waals surface area contributed by atoms with E-state index in [1.54, 1.807) is 11.8 Å². The molecule has 86 valence electrons. The first-order valence-electron chi connectivity index (χ1n) is 5.22. The minimum absolute atomic E-state index is 0.102. The zero-order valence-electron chi connectivity index (χ0n) is 9.51. The molecule has 1 atom stereocenters. The van der Waals surface area contributed by atoms with Crippen molar-refractivity contribution < 1.29 is 4.79 Å². The lowest BCUT2D eigenvalue weighted by Gasteiger charge is -2.11. The van der Waals surface area contributed by atoms with E-state index in [2.05, 4.69) is 16.6 Å². The third-order valence-electron chi connectivity index (χ3n) is 1.80. The van der Waals surface area contributed by atoms with Crippen LogP contribution in [0.15, 0.2) is 0 Å². The molecule has 0 fully saturated rings. The Bertz CT molecular complexity index is 213. The van der Waals surface area contributed by atoms with Gasteiger partial charge in [0.05, 0.1) is 5.75 Å². The molecule has 0 aromatic carbocycles. The molecule has 0 rings (SSSR count). The Balaban J connectivity index is 3.37. The molecule has 0 aromatic heterocycles. The fourth-order valence-corrected chi connectivity index (χ4v) is 1.67. The van der Waals surface area contributed by atoms with Crippen LogP contribution < -0.4 is 10.6 Å². The van der Waals surface area contributed by atoms with Gasteiger partial charge in [0.15, 0.2) is 0 Å². The Hall–Kier alpha value is -0.660. The molecule has 0 spiro atoms. The third kappa shape index (κ3) is 9.64. The summed E-state index contributed by atoms with van der Waals surface area (Å²) in [5.74, 6) is 4.24. The van der Waals surface area contributed by atoms with Crippen molar-refractivity contribution in [1.29, 1.82) is 0 Å². The van der Waals surface area contributed by atoms with Gasteiger partial charge in [0.1, 0.15) is 0 Å². The highest BCUT2D eigenvalue weighted by atomic mass is 32.2. The predicted octanol–water partition coefficient (Wildman–Crippen LogP) is 0.857. The predicted molar refractivity (Wildman–Crippen MR) is 66.9 cm³/mol. The molecule has 0 radical (unpaired) electrons. The van der Waals surface area contributed by atoms with Crippen molar-refractivity contribution in [2.75, 3.05) is 24.6 Å². The van der Waals surface area contributed by atoms with Crippen LogP contribution >= 0.6 is 11.8 Å². The highest BCUT2D eigenvalue weighted by Gasteiger charge is 2.06. The van der Waals surface area contributed by atoms with E-state index in [0.29, 0.717) is 18.7 Å². The van der Waals surface area contributed by atoms with Crippen molar-refractivity contribution in [3.8, 4) is 12.3 Å². The number of thioether (sulfide) groups is 1. The van der Waals surface area contributed by atoms with Gasteiger partial charge in [0, 0.05) is 24.8 Å². The number of nitrogens with one attached hydrogen (secondary N) is 2. The molecule has 0 aliphatic carbocycles. The number of amides is 1. The molecule has 2 N–H and O–H groups in total. The van der Waals surface area contributed by atoms with Gasteiger partial charge in [-0.2, -0.15) is 0 Å². The molecule has 0 bridgehead atoms. The first-order valence-corrected chi connectivity index (χ1v) is 6.37. The van der Waals surface area contributed by atoms with E-state index in [1.807, 2.05) is 13.8 Å². The highest BCUT2D eigenvalue weighted by Crippen LogP contribution is 1.96. The van der Waals surface area contributed by atoms with E-state index in [0.717, 1.165) is 12.3 Å². The minimum Gasteiger partial charge on any atom is -0.355 e. The molecule has 1 amide bonds. The Morgan fingerprint density at radius 1 is 1.60 bits per heavy atom. The molecule has 4 heteroatoms. The maximum Gasteiger partial charge on any atom is 0.221 e. The smallest absolute Gasteiger partial charge is 0.221 e. The van der Waals surface area contributed by atoms with Crippen LogP contribution in [0.1, 0.15) is 20.3 Å². The summed E-state index contributed by atoms with van der Waals surface area (Å²) in [6.45, 7) is 5.64. The molecule has 1 unspecified atom stereocenters. The number of hydrogen-bond acceptors (Lipinski definition) is 3. The molecule has 3 nitrogen and oxygen atoms in total. The van der Waals surface area contributed by atoms with Gasteiger partial charge in [-0.15, -0.1) is 18.2 Å². The van der Waals surface area contributed by atoms with Crippen molar-refractivity contribution in [2.24, 2.45) is 0 Å². The van der Waals surface area contributed by atoms with Crippen molar-refractivity contribution in [3.05, 3.63) is 0 Å². The van der Waals surface area contributed by atoms with Gasteiger partial charge in [-0.25, -0.2) is 0 Å². The van der Waals surface area contributed by atoms with Gasteiger partial charge in [-0.3, -0.25) is 4.79 Å². The van der Waals surface area contributed by atoms with Crippen LogP contribution in [0, 0.1) is 12.3 Å². The number of carbonyl (C=O) groups excluding carboxylic acids is 1. The summed E-state index contributed by atoms with van der Waals surface area (Å²) >= 11 is 1.66. The summed E-state index contributed by atoms with van der Waals surface area (Å²) in [6.07, 6.45) is 5.64. The average Bonchev–Trinajstić information content (AvgIpc) is 2.17. The summed E-state index contributed by atoms with van der Waals surface area (Å²) in [6, 6.07) is 0.244. The van der Waals surface area contributed by atoms with Gasteiger partial charge in [-0.05, 0) is 13.5 Å². The molecule has 0 aliphatic heterocycles. The topological polar surface area (TPSA) is 41.1 Å². The third-order valence-corrected chi connectivity index (χ3v) is 2.66. The highest BCUT2D eigenvalue weighted by molar-refractivity contribution is 7.99. The van der Waals surface area contributed by atoms with Crippen LogP contribution in [0.25, 0.3) is 0 Å². The van der Waals surface area contributed by atoms with E-state index in [4.69, 9.17) is 6.42 Å². The summed E-state index contributed by atoms with van der Waals surface area (Å²) < 4.78 is 0. The zero-order valence-corrected chi connectivity index (χ0v) is 10.3. The maximum atomic E-state index is 11.4. The number of rotatable bonds is 8. The summed E-state index contributed by atoms with van der Waals surface area (Å²) in [5, 5.41) is 6.06. The van der Waals surface area contributed by atoms with E-state index in [9.17, 15) is 4.79 Å². The standard InChI is InChI=1S/C11H20N2OS/c1-4-7-15-8-6-13-11(14)9-10(3)12-5-2/h1,10,12H,5-9H2,2-3H3,(H,13,14). The summed E-state index contributed by atoms with van der Waals surface area (Å²) in [7, 11) is 0. The molecule has 0 saturated carbocycles. The fourth-order valence-electron chi connectivity index (χ4n) is 1.16. The van der Waals surface area contributed by atoms with Gasteiger partial charge < -0.3 is 10.6 Å².